The number of fused-ring (bicyclic) bond motifs is 1. The van der Waals surface area contributed by atoms with E-state index in [2.05, 4.69) is 34.2 Å². The average molecular weight is 366 g/mol. The molecule has 3 nitrogen and oxygen atoms in total. The summed E-state index contributed by atoms with van der Waals surface area (Å²) >= 11 is 12.3. The van der Waals surface area contributed by atoms with Crippen molar-refractivity contribution in [1.29, 1.82) is 0 Å². The molecule has 0 saturated carbocycles. The third-order valence-corrected chi connectivity index (χ3v) is 4.54. The van der Waals surface area contributed by atoms with Gasteiger partial charge in [0, 0.05) is 16.1 Å². The van der Waals surface area contributed by atoms with Crippen molar-refractivity contribution in [3.05, 3.63) is 76.8 Å². The van der Waals surface area contributed by atoms with Crippen LogP contribution in [0.3, 0.4) is 0 Å². The van der Waals surface area contributed by atoms with Crippen molar-refractivity contribution >= 4 is 39.9 Å². The molecule has 0 fully saturated rings. The van der Waals surface area contributed by atoms with Crippen LogP contribution >= 0.6 is 23.2 Å². The molecule has 0 bridgehead atoms. The van der Waals surface area contributed by atoms with Crippen LogP contribution in [0.15, 0.2) is 66.7 Å². The highest BCUT2D eigenvalue weighted by Gasteiger charge is 2.11. The van der Waals surface area contributed by atoms with E-state index in [1.54, 1.807) is 12.1 Å². The predicted octanol–water partition coefficient (Wildman–Crippen LogP) is 5.85. The third kappa shape index (κ3) is 3.16. The van der Waals surface area contributed by atoms with E-state index in [9.17, 15) is 0 Å². The zero-order valence-corrected chi connectivity index (χ0v) is 14.6. The van der Waals surface area contributed by atoms with E-state index in [1.165, 1.54) is 5.39 Å². The highest BCUT2D eigenvalue weighted by molar-refractivity contribution is 6.36. The summed E-state index contributed by atoms with van der Waals surface area (Å²) < 4.78 is 0. The second-order valence-corrected chi connectivity index (χ2v) is 6.53. The van der Waals surface area contributed by atoms with Crippen LogP contribution in [-0.2, 0) is 0 Å². The lowest BCUT2D eigenvalue weighted by molar-refractivity contribution is 1.19. The molecule has 0 aliphatic heterocycles. The summed E-state index contributed by atoms with van der Waals surface area (Å²) in [6.45, 7) is 0. The molecular formula is C20H13Cl2N3. The molecule has 1 aromatic heterocycles. The molecule has 0 saturated heterocycles. The van der Waals surface area contributed by atoms with Gasteiger partial charge in [-0.1, -0.05) is 59.6 Å². The normalized spacial score (nSPS) is 11.0. The van der Waals surface area contributed by atoms with Gasteiger partial charge in [0.1, 0.15) is 0 Å². The largest absolute Gasteiger partial charge is 0.368 e. The number of nitrogen functional groups attached to an aromatic ring is 1. The van der Waals surface area contributed by atoms with Crippen LogP contribution in [-0.4, -0.2) is 9.97 Å². The first kappa shape index (κ1) is 15.9. The minimum atomic E-state index is 0.201. The summed E-state index contributed by atoms with van der Waals surface area (Å²) in [5.41, 5.74) is 9.09. The summed E-state index contributed by atoms with van der Waals surface area (Å²) in [7, 11) is 0. The minimum Gasteiger partial charge on any atom is -0.368 e. The van der Waals surface area contributed by atoms with Gasteiger partial charge in [0.15, 0.2) is 0 Å². The fourth-order valence-electron chi connectivity index (χ4n) is 2.80. The molecule has 4 rings (SSSR count). The van der Waals surface area contributed by atoms with E-state index in [0.29, 0.717) is 15.7 Å². The zero-order chi connectivity index (χ0) is 17.4. The van der Waals surface area contributed by atoms with Crippen molar-refractivity contribution in [3.63, 3.8) is 0 Å². The van der Waals surface area contributed by atoms with Gasteiger partial charge in [-0.15, -0.1) is 0 Å². The molecule has 0 radical (unpaired) electrons. The van der Waals surface area contributed by atoms with Gasteiger partial charge >= 0.3 is 0 Å². The van der Waals surface area contributed by atoms with Crippen molar-refractivity contribution < 1.29 is 0 Å². The Bertz CT molecular complexity index is 1090. The summed E-state index contributed by atoms with van der Waals surface area (Å²) in [6.07, 6.45) is 0. The number of aromatic nitrogens is 2. The molecule has 0 aliphatic carbocycles. The fraction of sp³-hybridized carbons (Fsp3) is 0. The Labute approximate surface area is 155 Å². The zero-order valence-electron chi connectivity index (χ0n) is 13.1. The molecule has 3 aromatic carbocycles. The van der Waals surface area contributed by atoms with Gasteiger partial charge in [-0.05, 0) is 41.1 Å². The average Bonchev–Trinajstić information content (AvgIpc) is 2.60. The van der Waals surface area contributed by atoms with E-state index < -0.39 is 0 Å². The first-order chi connectivity index (χ1) is 12.1. The first-order valence-corrected chi connectivity index (χ1v) is 8.45. The Morgan fingerprint density at radius 3 is 2.28 bits per heavy atom. The van der Waals surface area contributed by atoms with Gasteiger partial charge in [-0.25, -0.2) is 9.97 Å². The maximum atomic E-state index is 6.31. The molecular weight excluding hydrogens is 353 g/mol. The second-order valence-electron chi connectivity index (χ2n) is 5.68. The molecule has 122 valence electrons. The number of nitrogens with two attached hydrogens (primary N) is 1. The molecule has 4 aromatic rings. The molecule has 0 unspecified atom stereocenters. The van der Waals surface area contributed by atoms with E-state index in [0.717, 1.165) is 22.2 Å². The van der Waals surface area contributed by atoms with Crippen LogP contribution in [0.5, 0.6) is 0 Å². The number of hydrogen-bond donors (Lipinski definition) is 1. The Hall–Kier alpha value is -2.62. The van der Waals surface area contributed by atoms with Gasteiger partial charge in [0.05, 0.1) is 16.4 Å². The van der Waals surface area contributed by atoms with Crippen molar-refractivity contribution in [1.82, 2.24) is 9.97 Å². The van der Waals surface area contributed by atoms with Crippen LogP contribution in [0, 0.1) is 0 Å². The Balaban J connectivity index is 1.86. The monoisotopic (exact) mass is 365 g/mol. The lowest BCUT2D eigenvalue weighted by Gasteiger charge is -2.09. The van der Waals surface area contributed by atoms with E-state index in [4.69, 9.17) is 28.9 Å². The molecule has 2 N–H and O–H groups in total. The number of anilines is 1. The van der Waals surface area contributed by atoms with E-state index in [1.807, 2.05) is 30.3 Å². The fourth-order valence-corrected chi connectivity index (χ4v) is 3.30. The molecule has 25 heavy (non-hydrogen) atoms. The topological polar surface area (TPSA) is 51.8 Å². The van der Waals surface area contributed by atoms with Crippen LogP contribution < -0.4 is 5.73 Å². The number of rotatable bonds is 2. The molecule has 0 atom stereocenters. The molecule has 0 spiro atoms. The van der Waals surface area contributed by atoms with Crippen LogP contribution in [0.2, 0.25) is 10.0 Å². The number of halogens is 2. The summed E-state index contributed by atoms with van der Waals surface area (Å²) in [6, 6.07) is 21.5. The van der Waals surface area contributed by atoms with Crippen molar-refractivity contribution in [2.75, 3.05) is 5.73 Å². The lowest BCUT2D eigenvalue weighted by atomic mass is 10.0. The highest BCUT2D eigenvalue weighted by Crippen LogP contribution is 2.32. The number of hydrogen-bond acceptors (Lipinski definition) is 3. The Morgan fingerprint density at radius 1 is 0.720 bits per heavy atom. The SMILES string of the molecule is Nc1nc(-c2ccc3ccccc3c2)cc(-c2ccc(Cl)cc2Cl)n1. The molecule has 1 heterocycles. The lowest BCUT2D eigenvalue weighted by Crippen LogP contribution is -1.99. The highest BCUT2D eigenvalue weighted by atomic mass is 35.5. The molecule has 0 aliphatic rings. The maximum Gasteiger partial charge on any atom is 0.221 e. The number of nitrogens with zero attached hydrogens (tertiary/aromatic N) is 2. The van der Waals surface area contributed by atoms with Crippen LogP contribution in [0.25, 0.3) is 33.3 Å². The summed E-state index contributed by atoms with van der Waals surface area (Å²) in [5.74, 6) is 0.201. The van der Waals surface area contributed by atoms with E-state index in [-0.39, 0.29) is 5.95 Å². The quantitative estimate of drug-likeness (QED) is 0.484. The van der Waals surface area contributed by atoms with Gasteiger partial charge < -0.3 is 5.73 Å². The predicted molar refractivity (Wildman–Crippen MR) is 105 cm³/mol. The number of benzene rings is 3. The molecule has 0 amide bonds. The third-order valence-electron chi connectivity index (χ3n) is 4.00. The van der Waals surface area contributed by atoms with Gasteiger partial charge in [0.2, 0.25) is 5.95 Å². The van der Waals surface area contributed by atoms with E-state index >= 15 is 0 Å². The van der Waals surface area contributed by atoms with Gasteiger partial charge in [-0.3, -0.25) is 0 Å². The second kappa shape index (κ2) is 6.36. The van der Waals surface area contributed by atoms with Crippen molar-refractivity contribution in [2.45, 2.75) is 0 Å². The first-order valence-electron chi connectivity index (χ1n) is 7.69. The minimum absolute atomic E-state index is 0.201. The molecule has 5 heteroatoms. The Kier molecular flexibility index (Phi) is 4.04. The van der Waals surface area contributed by atoms with Crippen LogP contribution in [0.4, 0.5) is 5.95 Å². The summed E-state index contributed by atoms with van der Waals surface area (Å²) in [5, 5.41) is 3.41. The van der Waals surface area contributed by atoms with Gasteiger partial charge in [0.25, 0.3) is 0 Å². The standard InChI is InChI=1S/C20H13Cl2N3/c21-15-7-8-16(17(22)10-15)19-11-18(24-20(23)25-19)14-6-5-12-3-1-2-4-13(12)9-14/h1-11H,(H2,23,24,25). The van der Waals surface area contributed by atoms with Crippen molar-refractivity contribution in [2.24, 2.45) is 0 Å². The smallest absolute Gasteiger partial charge is 0.221 e. The Morgan fingerprint density at radius 2 is 1.48 bits per heavy atom. The van der Waals surface area contributed by atoms with Crippen LogP contribution in [0.1, 0.15) is 0 Å². The maximum absolute atomic E-state index is 6.31. The summed E-state index contributed by atoms with van der Waals surface area (Å²) in [4.78, 5) is 8.70. The van der Waals surface area contributed by atoms with Gasteiger partial charge in [-0.2, -0.15) is 0 Å². The van der Waals surface area contributed by atoms with Crippen molar-refractivity contribution in [3.8, 4) is 22.5 Å².